The Hall–Kier alpha value is -1.59. The molecule has 4 aliphatic carbocycles. The molecule has 2 unspecified atom stereocenters. The molecule has 0 aromatic heterocycles. The van der Waals surface area contributed by atoms with Crippen molar-refractivity contribution in [1.82, 2.24) is 0 Å². The molecule has 4 rings (SSSR count). The maximum Gasteiger partial charge on any atom is 0.190 e. The summed E-state index contributed by atoms with van der Waals surface area (Å²) in [7, 11) is 0. The number of Topliss-reactive ketones (excluding diaryl/α,β-unsaturated/α-hetero) is 2. The minimum Gasteiger partial charge on any atom is -0.388 e. The van der Waals surface area contributed by atoms with Crippen LogP contribution in [0.1, 0.15) is 46.0 Å². The van der Waals surface area contributed by atoms with Crippen LogP contribution in [0, 0.1) is 28.6 Å². The molecule has 0 bridgehead atoms. The van der Waals surface area contributed by atoms with Gasteiger partial charge in [0.05, 0.1) is 0 Å². The fourth-order valence-corrected chi connectivity index (χ4v) is 6.62. The second-order valence-electron chi connectivity index (χ2n) is 9.02. The quantitative estimate of drug-likeness (QED) is 0.785. The zero-order valence-corrected chi connectivity index (χ0v) is 15.3. The van der Waals surface area contributed by atoms with E-state index in [-0.39, 0.29) is 35.7 Å². The van der Waals surface area contributed by atoms with E-state index in [4.69, 9.17) is 0 Å². The van der Waals surface area contributed by atoms with Gasteiger partial charge >= 0.3 is 0 Å². The highest BCUT2D eigenvalue weighted by Gasteiger charge is 2.68. The Morgan fingerprint density at radius 3 is 2.69 bits per heavy atom. The molecule has 0 heterocycles. The van der Waals surface area contributed by atoms with Gasteiger partial charge in [-0.05, 0) is 49.7 Å². The van der Waals surface area contributed by atoms with Gasteiger partial charge in [0.25, 0.3) is 0 Å². The lowest BCUT2D eigenvalue weighted by molar-refractivity contribution is -0.168. The first kappa shape index (κ1) is 17.8. The van der Waals surface area contributed by atoms with Crippen LogP contribution in [0.15, 0.2) is 23.8 Å². The summed E-state index contributed by atoms with van der Waals surface area (Å²) in [6, 6.07) is 0. The molecule has 3 saturated carbocycles. The van der Waals surface area contributed by atoms with Crippen molar-refractivity contribution in [2.75, 3.05) is 6.61 Å². The summed E-state index contributed by atoms with van der Waals surface area (Å²) in [6.07, 6.45) is 7.82. The van der Waals surface area contributed by atoms with Gasteiger partial charge in [-0.1, -0.05) is 25.5 Å². The van der Waals surface area contributed by atoms with Crippen molar-refractivity contribution in [2.24, 2.45) is 28.6 Å². The zero-order chi connectivity index (χ0) is 18.9. The Balaban J connectivity index is 1.76. The van der Waals surface area contributed by atoms with E-state index in [1.165, 1.54) is 0 Å². The largest absolute Gasteiger partial charge is 0.388 e. The van der Waals surface area contributed by atoms with Crippen LogP contribution in [0.2, 0.25) is 0 Å². The molecule has 3 fully saturated rings. The van der Waals surface area contributed by atoms with Gasteiger partial charge in [0.1, 0.15) is 18.0 Å². The first-order valence-electron chi connectivity index (χ1n) is 9.51. The number of hydrogen-bond donors (Lipinski definition) is 2. The fourth-order valence-electron chi connectivity index (χ4n) is 6.62. The minimum absolute atomic E-state index is 0.0206. The number of hydrogen-bond acceptors (Lipinski definition) is 5. The van der Waals surface area contributed by atoms with Crippen LogP contribution in [0.5, 0.6) is 0 Å². The van der Waals surface area contributed by atoms with Crippen LogP contribution in [-0.4, -0.2) is 39.8 Å². The third-order valence-corrected chi connectivity index (χ3v) is 8.01. The summed E-state index contributed by atoms with van der Waals surface area (Å²) in [5.74, 6) is -0.590. The monoisotopic (exact) mass is 358 g/mol. The second kappa shape index (κ2) is 5.46. The molecule has 5 nitrogen and oxygen atoms in total. The molecule has 0 aliphatic heterocycles. The molecule has 0 aromatic carbocycles. The first-order valence-corrected chi connectivity index (χ1v) is 9.51. The summed E-state index contributed by atoms with van der Waals surface area (Å²) in [5.41, 5.74) is -1.86. The molecule has 5 heteroatoms. The van der Waals surface area contributed by atoms with Crippen LogP contribution in [-0.2, 0) is 14.4 Å². The van der Waals surface area contributed by atoms with Crippen molar-refractivity contribution < 1.29 is 24.6 Å². The number of carbonyl (C=O) groups is 3. The lowest BCUT2D eigenvalue weighted by Gasteiger charge is -2.56. The van der Waals surface area contributed by atoms with Gasteiger partial charge in [0.2, 0.25) is 0 Å². The van der Waals surface area contributed by atoms with E-state index in [1.807, 2.05) is 19.9 Å². The SMILES string of the molecule is CC12C=CC(=O)C=C1CC[C@@H]1C2C(=O)C[C@]2(C)[C@H]1CC[C@]2(O)C(=O)CO. The number of rotatable bonds is 2. The Kier molecular flexibility index (Phi) is 3.74. The van der Waals surface area contributed by atoms with Crippen molar-refractivity contribution in [1.29, 1.82) is 0 Å². The van der Waals surface area contributed by atoms with Crippen LogP contribution < -0.4 is 0 Å². The van der Waals surface area contributed by atoms with E-state index in [0.717, 1.165) is 18.4 Å². The van der Waals surface area contributed by atoms with Crippen LogP contribution in [0.3, 0.4) is 0 Å². The maximum atomic E-state index is 13.3. The number of carbonyl (C=O) groups excluding carboxylic acids is 3. The van der Waals surface area contributed by atoms with E-state index < -0.39 is 28.8 Å². The molecule has 140 valence electrons. The van der Waals surface area contributed by atoms with E-state index in [0.29, 0.717) is 12.8 Å². The second-order valence-corrected chi connectivity index (χ2v) is 9.02. The zero-order valence-electron chi connectivity index (χ0n) is 15.3. The highest BCUT2D eigenvalue weighted by molar-refractivity contribution is 6.02. The summed E-state index contributed by atoms with van der Waals surface area (Å²) >= 11 is 0. The first-order chi connectivity index (χ1) is 12.2. The van der Waals surface area contributed by atoms with E-state index >= 15 is 0 Å². The molecule has 0 amide bonds. The smallest absolute Gasteiger partial charge is 0.190 e. The number of aliphatic hydroxyl groups excluding tert-OH is 1. The molecule has 0 aromatic rings. The van der Waals surface area contributed by atoms with E-state index in [9.17, 15) is 24.6 Å². The highest BCUT2D eigenvalue weighted by atomic mass is 16.3. The van der Waals surface area contributed by atoms with Crippen molar-refractivity contribution in [3.63, 3.8) is 0 Å². The van der Waals surface area contributed by atoms with Crippen molar-refractivity contribution in [3.8, 4) is 0 Å². The predicted octanol–water partition coefficient (Wildman–Crippen LogP) is 1.77. The van der Waals surface area contributed by atoms with Crippen molar-refractivity contribution >= 4 is 17.3 Å². The molecular formula is C21H26O5. The maximum absolute atomic E-state index is 13.3. The molecule has 4 aliphatic rings. The third-order valence-electron chi connectivity index (χ3n) is 8.01. The summed E-state index contributed by atoms with van der Waals surface area (Å²) in [5, 5.41) is 20.5. The third kappa shape index (κ3) is 2.01. The van der Waals surface area contributed by atoms with Crippen LogP contribution in [0.25, 0.3) is 0 Å². The predicted molar refractivity (Wildman–Crippen MR) is 94.0 cm³/mol. The van der Waals surface area contributed by atoms with Crippen molar-refractivity contribution in [2.45, 2.75) is 51.6 Å². The topological polar surface area (TPSA) is 91.7 Å². The van der Waals surface area contributed by atoms with Crippen LogP contribution in [0.4, 0.5) is 0 Å². The normalized spacial score (nSPS) is 47.1. The Morgan fingerprint density at radius 1 is 1.27 bits per heavy atom. The number of fused-ring (bicyclic) bond motifs is 5. The molecule has 0 radical (unpaired) electrons. The van der Waals surface area contributed by atoms with Gasteiger partial charge in [-0.2, -0.15) is 0 Å². The molecular weight excluding hydrogens is 332 g/mol. The molecule has 0 saturated heterocycles. The molecule has 26 heavy (non-hydrogen) atoms. The van der Waals surface area contributed by atoms with Crippen molar-refractivity contribution in [3.05, 3.63) is 23.8 Å². The number of ketones is 3. The average molecular weight is 358 g/mol. The highest BCUT2D eigenvalue weighted by Crippen LogP contribution is 2.66. The lowest BCUT2D eigenvalue weighted by Crippen LogP contribution is -2.60. The van der Waals surface area contributed by atoms with Gasteiger partial charge in [0.15, 0.2) is 11.6 Å². The average Bonchev–Trinajstić information content (AvgIpc) is 2.86. The Labute approximate surface area is 153 Å². The molecule has 2 N–H and O–H groups in total. The standard InChI is InChI=1S/C21H26O5/c1-19-7-5-13(23)9-12(19)3-4-14-15-6-8-21(26,17(25)11-22)20(15,2)10-16(24)18(14)19/h5,7,9,14-15,18,22,26H,3-4,6,8,10-11H2,1-2H3/t14-,15-,18?,19?,20+,21-/m0/s1. The molecule has 6 atom stereocenters. The van der Waals surface area contributed by atoms with Gasteiger partial charge in [-0.25, -0.2) is 0 Å². The Bertz CT molecular complexity index is 764. The van der Waals surface area contributed by atoms with Gasteiger partial charge in [0, 0.05) is 23.2 Å². The number of allylic oxidation sites excluding steroid dienone is 4. The van der Waals surface area contributed by atoms with E-state index in [2.05, 4.69) is 0 Å². The molecule has 0 spiro atoms. The fraction of sp³-hybridized carbons (Fsp3) is 0.667. The number of aliphatic hydroxyl groups is 2. The summed E-state index contributed by atoms with van der Waals surface area (Å²) in [6.45, 7) is 3.19. The Morgan fingerprint density at radius 2 is 2.00 bits per heavy atom. The minimum atomic E-state index is -1.62. The van der Waals surface area contributed by atoms with E-state index in [1.54, 1.807) is 12.2 Å². The van der Waals surface area contributed by atoms with Gasteiger partial charge < -0.3 is 10.2 Å². The summed E-state index contributed by atoms with van der Waals surface area (Å²) < 4.78 is 0. The van der Waals surface area contributed by atoms with Gasteiger partial charge in [-0.15, -0.1) is 0 Å². The van der Waals surface area contributed by atoms with Crippen LogP contribution >= 0.6 is 0 Å². The lowest BCUT2D eigenvalue weighted by atomic mass is 9.46. The summed E-state index contributed by atoms with van der Waals surface area (Å²) in [4.78, 5) is 37.4. The van der Waals surface area contributed by atoms with Gasteiger partial charge in [-0.3, -0.25) is 14.4 Å².